The van der Waals surface area contributed by atoms with Crippen LogP contribution >= 0.6 is 0 Å². The van der Waals surface area contributed by atoms with E-state index in [1.54, 1.807) is 29.1 Å². The Kier molecular flexibility index (Phi) is 4.51. The van der Waals surface area contributed by atoms with Crippen molar-refractivity contribution < 1.29 is 19.1 Å². The van der Waals surface area contributed by atoms with Crippen molar-refractivity contribution in [2.75, 3.05) is 20.2 Å². The van der Waals surface area contributed by atoms with Gasteiger partial charge in [-0.15, -0.1) is 0 Å². The van der Waals surface area contributed by atoms with Crippen LogP contribution in [0.25, 0.3) is 0 Å². The fourth-order valence-corrected chi connectivity index (χ4v) is 3.49. The van der Waals surface area contributed by atoms with Gasteiger partial charge in [-0.05, 0) is 30.4 Å². The quantitative estimate of drug-likeness (QED) is 0.748. The third kappa shape index (κ3) is 2.86. The van der Waals surface area contributed by atoms with E-state index in [0.29, 0.717) is 38.0 Å². The van der Waals surface area contributed by atoms with Crippen LogP contribution in [0.4, 0.5) is 0 Å². The topological polar surface area (TPSA) is 79.8 Å². The highest BCUT2D eigenvalue weighted by Gasteiger charge is 2.36. The van der Waals surface area contributed by atoms with Gasteiger partial charge < -0.3 is 14.5 Å². The number of esters is 1. The average Bonchev–Trinajstić information content (AvgIpc) is 3.09. The van der Waals surface area contributed by atoms with Gasteiger partial charge in [-0.25, -0.2) is 4.79 Å². The summed E-state index contributed by atoms with van der Waals surface area (Å²) in [6.07, 6.45) is 5.31. The molecule has 1 fully saturated rings. The zero-order chi connectivity index (χ0) is 17.3. The second kappa shape index (κ2) is 6.59. The Hall–Kier alpha value is -2.44. The first-order valence-electron chi connectivity index (χ1n) is 8.13. The third-order valence-electron chi connectivity index (χ3n) is 4.80. The van der Waals surface area contributed by atoms with Gasteiger partial charge in [-0.1, -0.05) is 0 Å². The van der Waals surface area contributed by atoms with Gasteiger partial charge in [-0.3, -0.25) is 14.6 Å². The van der Waals surface area contributed by atoms with Crippen LogP contribution in [0.3, 0.4) is 0 Å². The Labute approximate surface area is 140 Å². The van der Waals surface area contributed by atoms with Crippen LogP contribution in [0.2, 0.25) is 0 Å². The number of methoxy groups -OCH3 is 1. The van der Waals surface area contributed by atoms with Crippen molar-refractivity contribution in [1.29, 1.82) is 0 Å². The molecule has 2 amide bonds. The molecular formula is C17H21N3O4. The molecule has 1 atom stereocenters. The molecular weight excluding hydrogens is 310 g/mol. The first-order valence-corrected chi connectivity index (χ1v) is 8.13. The number of fused-ring (bicyclic) bond motifs is 1. The Morgan fingerprint density at radius 2 is 2.04 bits per heavy atom. The maximum absolute atomic E-state index is 13.0. The fourth-order valence-electron chi connectivity index (χ4n) is 3.49. The van der Waals surface area contributed by atoms with Gasteiger partial charge in [0.05, 0.1) is 12.7 Å². The highest BCUT2D eigenvalue weighted by molar-refractivity contribution is 5.98. The summed E-state index contributed by atoms with van der Waals surface area (Å²) in [6, 6.07) is -0.518. The summed E-state index contributed by atoms with van der Waals surface area (Å²) in [5.41, 5.74) is 2.37. The number of hydrogen-bond acceptors (Lipinski definition) is 5. The summed E-state index contributed by atoms with van der Waals surface area (Å²) >= 11 is 0. The Balaban J connectivity index is 1.88. The number of nitrogens with zero attached hydrogens (tertiary/aromatic N) is 3. The highest BCUT2D eigenvalue weighted by Crippen LogP contribution is 2.26. The molecule has 1 aromatic rings. The Morgan fingerprint density at radius 3 is 2.75 bits per heavy atom. The second-order valence-electron chi connectivity index (χ2n) is 6.20. The number of aromatic nitrogens is 1. The Morgan fingerprint density at radius 1 is 1.25 bits per heavy atom. The predicted octanol–water partition coefficient (Wildman–Crippen LogP) is 0.764. The maximum atomic E-state index is 13.0. The van der Waals surface area contributed by atoms with E-state index in [4.69, 9.17) is 4.74 Å². The van der Waals surface area contributed by atoms with Gasteiger partial charge in [0.25, 0.3) is 5.91 Å². The minimum absolute atomic E-state index is 0.0164. The van der Waals surface area contributed by atoms with Crippen LogP contribution in [0.5, 0.6) is 0 Å². The summed E-state index contributed by atoms with van der Waals surface area (Å²) in [5, 5.41) is 0. The van der Waals surface area contributed by atoms with Crippen molar-refractivity contribution in [3.8, 4) is 0 Å². The van der Waals surface area contributed by atoms with Crippen molar-refractivity contribution in [3.05, 3.63) is 29.1 Å². The summed E-state index contributed by atoms with van der Waals surface area (Å²) in [6.45, 7) is 3.15. The zero-order valence-electron chi connectivity index (χ0n) is 13.9. The molecule has 2 aliphatic rings. The molecule has 7 heteroatoms. The molecule has 3 heterocycles. The minimum Gasteiger partial charge on any atom is -0.467 e. The molecule has 24 heavy (non-hydrogen) atoms. The molecule has 2 aliphatic heterocycles. The van der Waals surface area contributed by atoms with Crippen LogP contribution in [0.1, 0.15) is 41.3 Å². The molecule has 1 unspecified atom stereocenters. The zero-order valence-corrected chi connectivity index (χ0v) is 13.9. The average molecular weight is 331 g/mol. The number of hydrogen-bond donors (Lipinski definition) is 0. The summed E-state index contributed by atoms with van der Waals surface area (Å²) in [5.74, 6) is -0.535. The largest absolute Gasteiger partial charge is 0.467 e. The summed E-state index contributed by atoms with van der Waals surface area (Å²) in [4.78, 5) is 43.9. The number of carbonyl (C=O) groups excluding carboxylic acids is 3. The molecule has 1 saturated heterocycles. The lowest BCUT2D eigenvalue weighted by atomic mass is 9.96. The van der Waals surface area contributed by atoms with Crippen LogP contribution in [0, 0.1) is 0 Å². The highest BCUT2D eigenvalue weighted by atomic mass is 16.5. The standard InChI is InChI=1S/C17H21N3O4/c1-11(21)19-7-5-13-12(10-19)8-18-9-14(13)16(22)20-6-3-4-15(20)17(23)24-2/h8-9,15H,3-7,10H2,1-2H3. The normalized spacial score (nSPS) is 19.8. The van der Waals surface area contributed by atoms with Gasteiger partial charge in [0, 0.05) is 39.0 Å². The van der Waals surface area contributed by atoms with E-state index in [9.17, 15) is 14.4 Å². The molecule has 3 rings (SSSR count). The van der Waals surface area contributed by atoms with E-state index in [1.807, 2.05) is 0 Å². The fraction of sp³-hybridized carbons (Fsp3) is 0.529. The van der Waals surface area contributed by atoms with E-state index in [2.05, 4.69) is 4.98 Å². The van der Waals surface area contributed by atoms with E-state index in [1.165, 1.54) is 7.11 Å². The van der Waals surface area contributed by atoms with Gasteiger partial charge in [0.15, 0.2) is 0 Å². The van der Waals surface area contributed by atoms with Crippen LogP contribution in [-0.4, -0.2) is 58.8 Å². The number of ether oxygens (including phenoxy) is 1. The van der Waals surface area contributed by atoms with Crippen molar-refractivity contribution in [1.82, 2.24) is 14.8 Å². The second-order valence-corrected chi connectivity index (χ2v) is 6.20. The van der Waals surface area contributed by atoms with Crippen molar-refractivity contribution in [2.45, 2.75) is 38.8 Å². The van der Waals surface area contributed by atoms with E-state index < -0.39 is 6.04 Å². The first kappa shape index (κ1) is 16.4. The lowest BCUT2D eigenvalue weighted by molar-refractivity contribution is -0.145. The van der Waals surface area contributed by atoms with Crippen LogP contribution in [0.15, 0.2) is 12.4 Å². The van der Waals surface area contributed by atoms with Gasteiger partial charge in [0.2, 0.25) is 5.91 Å². The number of likely N-dealkylation sites (tertiary alicyclic amines) is 1. The molecule has 0 aromatic carbocycles. The molecule has 0 saturated carbocycles. The van der Waals surface area contributed by atoms with Gasteiger partial charge in [-0.2, -0.15) is 0 Å². The molecule has 0 aliphatic carbocycles. The lowest BCUT2D eigenvalue weighted by Crippen LogP contribution is -2.42. The monoisotopic (exact) mass is 331 g/mol. The smallest absolute Gasteiger partial charge is 0.328 e. The first-order chi connectivity index (χ1) is 11.5. The van der Waals surface area contributed by atoms with Gasteiger partial charge >= 0.3 is 5.97 Å². The molecule has 128 valence electrons. The molecule has 0 radical (unpaired) electrons. The van der Waals surface area contributed by atoms with E-state index in [-0.39, 0.29) is 17.8 Å². The molecule has 0 bridgehead atoms. The number of carbonyl (C=O) groups is 3. The van der Waals surface area contributed by atoms with Crippen molar-refractivity contribution in [3.63, 3.8) is 0 Å². The Bertz CT molecular complexity index is 688. The molecule has 7 nitrogen and oxygen atoms in total. The molecule has 0 spiro atoms. The van der Waals surface area contributed by atoms with Gasteiger partial charge in [0.1, 0.15) is 6.04 Å². The van der Waals surface area contributed by atoms with E-state index in [0.717, 1.165) is 17.5 Å². The van der Waals surface area contributed by atoms with Crippen LogP contribution in [-0.2, 0) is 27.3 Å². The van der Waals surface area contributed by atoms with Crippen LogP contribution < -0.4 is 0 Å². The number of pyridine rings is 1. The van der Waals surface area contributed by atoms with Crippen molar-refractivity contribution >= 4 is 17.8 Å². The number of amides is 2. The number of rotatable bonds is 2. The third-order valence-corrected chi connectivity index (χ3v) is 4.80. The van der Waals surface area contributed by atoms with E-state index >= 15 is 0 Å². The van der Waals surface area contributed by atoms with Crippen molar-refractivity contribution in [2.24, 2.45) is 0 Å². The lowest BCUT2D eigenvalue weighted by Gasteiger charge is -2.30. The SMILES string of the molecule is COC(=O)C1CCCN1C(=O)c1cncc2c1CCN(C(C)=O)C2. The molecule has 0 N–H and O–H groups in total. The predicted molar refractivity (Wildman–Crippen MR) is 85.1 cm³/mol. The summed E-state index contributed by atoms with van der Waals surface area (Å²) in [7, 11) is 1.34. The molecule has 1 aromatic heterocycles. The minimum atomic E-state index is -0.518. The maximum Gasteiger partial charge on any atom is 0.328 e. The summed E-state index contributed by atoms with van der Waals surface area (Å²) < 4.78 is 4.81.